The van der Waals surface area contributed by atoms with Crippen molar-refractivity contribution in [2.75, 3.05) is 12.4 Å². The second-order valence-corrected chi connectivity index (χ2v) is 4.23. The Balaban J connectivity index is 2.44. The lowest BCUT2D eigenvalue weighted by atomic mass is 10.4. The summed E-state index contributed by atoms with van der Waals surface area (Å²) in [5, 5.41) is 2.90. The van der Waals surface area contributed by atoms with Gasteiger partial charge >= 0.3 is 6.01 Å². The molecule has 7 heteroatoms. The molecule has 0 saturated heterocycles. The quantitative estimate of drug-likeness (QED) is 0.878. The van der Waals surface area contributed by atoms with Crippen LogP contribution in [0.4, 0.5) is 5.95 Å². The molecule has 0 atom stereocenters. The van der Waals surface area contributed by atoms with Crippen LogP contribution in [-0.2, 0) is 6.42 Å². The molecule has 2 aromatic rings. The van der Waals surface area contributed by atoms with Gasteiger partial charge in [-0.25, -0.2) is 4.98 Å². The molecule has 7 nitrogen and oxygen atoms in total. The summed E-state index contributed by atoms with van der Waals surface area (Å²) >= 11 is 0. The Labute approximate surface area is 112 Å². The zero-order chi connectivity index (χ0) is 13.8. The number of aromatic nitrogens is 5. The maximum Gasteiger partial charge on any atom is 0.323 e. The molecule has 102 valence electrons. The second-order valence-electron chi connectivity index (χ2n) is 4.23. The number of aryl methyl sites for hydroxylation is 1. The lowest BCUT2D eigenvalue weighted by Crippen LogP contribution is -2.13. The summed E-state index contributed by atoms with van der Waals surface area (Å²) in [4.78, 5) is 17.1. The van der Waals surface area contributed by atoms with Crippen molar-refractivity contribution in [2.24, 2.45) is 0 Å². The summed E-state index contributed by atoms with van der Waals surface area (Å²) in [6, 6.07) is 0.306. The molecule has 19 heavy (non-hydrogen) atoms. The number of rotatable bonds is 5. The van der Waals surface area contributed by atoms with E-state index in [1.165, 1.54) is 0 Å². The van der Waals surface area contributed by atoms with Crippen LogP contribution in [0.3, 0.4) is 0 Å². The van der Waals surface area contributed by atoms with Crippen molar-refractivity contribution in [1.82, 2.24) is 24.5 Å². The minimum Gasteiger partial charge on any atom is -0.461 e. The Hall–Kier alpha value is -2.18. The molecule has 1 N–H and O–H groups in total. The van der Waals surface area contributed by atoms with Gasteiger partial charge in [0, 0.05) is 25.9 Å². The van der Waals surface area contributed by atoms with Crippen LogP contribution in [0.2, 0.25) is 0 Å². The highest BCUT2D eigenvalue weighted by molar-refractivity contribution is 5.30. The third-order valence-electron chi connectivity index (χ3n) is 2.42. The SMILES string of the molecule is CCc1nccn1-c1nc(NC)nc(OC(C)C)n1. The van der Waals surface area contributed by atoms with Crippen molar-refractivity contribution in [3.8, 4) is 12.0 Å². The molecule has 0 aliphatic rings. The van der Waals surface area contributed by atoms with Crippen LogP contribution < -0.4 is 10.1 Å². The highest BCUT2D eigenvalue weighted by Crippen LogP contribution is 2.13. The molecule has 0 fully saturated rings. The first-order valence-corrected chi connectivity index (χ1v) is 6.27. The maximum atomic E-state index is 5.53. The smallest absolute Gasteiger partial charge is 0.323 e. The molecule has 0 unspecified atom stereocenters. The van der Waals surface area contributed by atoms with Gasteiger partial charge in [-0.15, -0.1) is 0 Å². The van der Waals surface area contributed by atoms with Gasteiger partial charge in [0.1, 0.15) is 5.82 Å². The standard InChI is InChI=1S/C12H18N6O/c1-5-9-14-6-7-18(9)11-15-10(13-4)16-12(17-11)19-8(2)3/h6-8H,5H2,1-4H3,(H,13,15,16,17). The van der Waals surface area contributed by atoms with Crippen molar-refractivity contribution < 1.29 is 4.74 Å². The maximum absolute atomic E-state index is 5.53. The van der Waals surface area contributed by atoms with Gasteiger partial charge in [-0.1, -0.05) is 6.92 Å². The van der Waals surface area contributed by atoms with E-state index in [0.717, 1.165) is 12.2 Å². The molecular formula is C12H18N6O. The molecule has 0 saturated carbocycles. The van der Waals surface area contributed by atoms with Crippen LogP contribution in [0.25, 0.3) is 5.95 Å². The summed E-state index contributed by atoms with van der Waals surface area (Å²) in [5.74, 6) is 1.87. The van der Waals surface area contributed by atoms with Gasteiger partial charge in [0.15, 0.2) is 0 Å². The molecule has 0 spiro atoms. The van der Waals surface area contributed by atoms with Crippen LogP contribution in [-0.4, -0.2) is 37.7 Å². The van der Waals surface area contributed by atoms with E-state index in [1.807, 2.05) is 31.5 Å². The van der Waals surface area contributed by atoms with Crippen molar-refractivity contribution in [1.29, 1.82) is 0 Å². The Morgan fingerprint density at radius 3 is 2.74 bits per heavy atom. The fourth-order valence-electron chi connectivity index (χ4n) is 1.61. The Kier molecular flexibility index (Phi) is 3.94. The third kappa shape index (κ3) is 2.98. The van der Waals surface area contributed by atoms with Gasteiger partial charge in [0.2, 0.25) is 11.9 Å². The lowest BCUT2D eigenvalue weighted by Gasteiger charge is -2.11. The highest BCUT2D eigenvalue weighted by atomic mass is 16.5. The summed E-state index contributed by atoms with van der Waals surface area (Å²) in [5.41, 5.74) is 0. The Morgan fingerprint density at radius 1 is 1.32 bits per heavy atom. The zero-order valence-corrected chi connectivity index (χ0v) is 11.6. The van der Waals surface area contributed by atoms with Crippen molar-refractivity contribution in [3.63, 3.8) is 0 Å². The van der Waals surface area contributed by atoms with E-state index in [1.54, 1.807) is 13.2 Å². The zero-order valence-electron chi connectivity index (χ0n) is 11.6. The van der Waals surface area contributed by atoms with Gasteiger partial charge in [-0.3, -0.25) is 4.57 Å². The normalized spacial score (nSPS) is 10.8. The predicted octanol–water partition coefficient (Wildman–Crippen LogP) is 1.45. The lowest BCUT2D eigenvalue weighted by molar-refractivity contribution is 0.221. The van der Waals surface area contributed by atoms with Gasteiger partial charge in [0.05, 0.1) is 6.10 Å². The van der Waals surface area contributed by atoms with E-state index < -0.39 is 0 Å². The van der Waals surface area contributed by atoms with Crippen molar-refractivity contribution in [3.05, 3.63) is 18.2 Å². The van der Waals surface area contributed by atoms with E-state index in [9.17, 15) is 0 Å². The van der Waals surface area contributed by atoms with E-state index in [2.05, 4.69) is 25.3 Å². The van der Waals surface area contributed by atoms with Crippen molar-refractivity contribution in [2.45, 2.75) is 33.3 Å². The molecule has 2 aromatic heterocycles. The summed E-state index contributed by atoms with van der Waals surface area (Å²) in [6.45, 7) is 5.89. The molecule has 0 amide bonds. The Bertz CT molecular complexity index is 551. The molecule has 0 aromatic carbocycles. The summed E-state index contributed by atoms with van der Waals surface area (Å²) in [7, 11) is 1.76. The molecule has 2 heterocycles. The van der Waals surface area contributed by atoms with Crippen LogP contribution in [0, 0.1) is 0 Å². The first kappa shape index (κ1) is 13.3. The third-order valence-corrected chi connectivity index (χ3v) is 2.42. The molecule has 2 rings (SSSR count). The molecule has 0 aliphatic heterocycles. The van der Waals surface area contributed by atoms with Crippen LogP contribution in [0.5, 0.6) is 6.01 Å². The Morgan fingerprint density at radius 2 is 2.11 bits per heavy atom. The van der Waals surface area contributed by atoms with Gasteiger partial charge < -0.3 is 10.1 Å². The predicted molar refractivity (Wildman–Crippen MR) is 71.6 cm³/mol. The van der Waals surface area contributed by atoms with E-state index in [0.29, 0.717) is 17.9 Å². The van der Waals surface area contributed by atoms with E-state index in [4.69, 9.17) is 4.74 Å². The topological polar surface area (TPSA) is 77.8 Å². The highest BCUT2D eigenvalue weighted by Gasteiger charge is 2.12. The number of nitrogens with zero attached hydrogens (tertiary/aromatic N) is 5. The van der Waals surface area contributed by atoms with E-state index >= 15 is 0 Å². The first-order valence-electron chi connectivity index (χ1n) is 6.27. The number of ether oxygens (including phenoxy) is 1. The van der Waals surface area contributed by atoms with Crippen LogP contribution in [0.1, 0.15) is 26.6 Å². The van der Waals surface area contributed by atoms with Gasteiger partial charge in [0.25, 0.3) is 0 Å². The number of imidazole rings is 1. The molecule has 0 radical (unpaired) electrons. The minimum atomic E-state index is 0.00777. The minimum absolute atomic E-state index is 0.00777. The molecule has 0 bridgehead atoms. The fourth-order valence-corrected chi connectivity index (χ4v) is 1.61. The number of nitrogens with one attached hydrogen (secondary N) is 1. The average molecular weight is 262 g/mol. The average Bonchev–Trinajstić information content (AvgIpc) is 2.85. The van der Waals surface area contributed by atoms with Crippen LogP contribution >= 0.6 is 0 Å². The van der Waals surface area contributed by atoms with Gasteiger partial charge in [-0.2, -0.15) is 15.0 Å². The monoisotopic (exact) mass is 262 g/mol. The molecular weight excluding hydrogens is 244 g/mol. The largest absolute Gasteiger partial charge is 0.461 e. The fraction of sp³-hybridized carbons (Fsp3) is 0.500. The van der Waals surface area contributed by atoms with E-state index in [-0.39, 0.29) is 6.10 Å². The number of hydrogen-bond acceptors (Lipinski definition) is 6. The van der Waals surface area contributed by atoms with Crippen LogP contribution in [0.15, 0.2) is 12.4 Å². The number of anilines is 1. The second kappa shape index (κ2) is 5.64. The first-order chi connectivity index (χ1) is 9.13. The summed E-state index contributed by atoms with van der Waals surface area (Å²) < 4.78 is 7.36. The van der Waals surface area contributed by atoms with Crippen molar-refractivity contribution >= 4 is 5.95 Å². The summed E-state index contributed by atoms with van der Waals surface area (Å²) in [6.07, 6.45) is 4.36. The number of hydrogen-bond donors (Lipinski definition) is 1. The molecule has 0 aliphatic carbocycles. The van der Waals surface area contributed by atoms with Gasteiger partial charge in [-0.05, 0) is 13.8 Å².